The van der Waals surface area contributed by atoms with Crippen LogP contribution in [0.3, 0.4) is 0 Å². The number of hydrogen-bond acceptors (Lipinski definition) is 3. The van der Waals surface area contributed by atoms with Crippen LogP contribution in [0, 0.1) is 11.8 Å². The molecule has 1 fully saturated rings. The molecule has 9 heteroatoms. The third-order valence-corrected chi connectivity index (χ3v) is 4.20. The van der Waals surface area contributed by atoms with Crippen molar-refractivity contribution in [3.05, 3.63) is 17.5 Å². The second kappa shape index (κ2) is 6.34. The predicted molar refractivity (Wildman–Crippen MR) is 83.0 cm³/mol. The number of aliphatic carboxylic acids is 1. The van der Waals surface area contributed by atoms with E-state index in [2.05, 4.69) is 5.10 Å². The van der Waals surface area contributed by atoms with Gasteiger partial charge in [0.1, 0.15) is 0 Å². The third kappa shape index (κ3) is 3.96. The molecule has 2 atom stereocenters. The molecule has 0 radical (unpaired) electrons. The molecular weight excluding hydrogens is 339 g/mol. The molecule has 140 valence electrons. The highest BCUT2D eigenvalue weighted by Crippen LogP contribution is 2.36. The number of amides is 1. The topological polar surface area (TPSA) is 75.4 Å². The summed E-state index contributed by atoms with van der Waals surface area (Å²) in [5, 5.41) is 13.0. The monoisotopic (exact) mass is 361 g/mol. The Morgan fingerprint density at radius 3 is 2.32 bits per heavy atom. The van der Waals surface area contributed by atoms with Crippen LogP contribution in [0.1, 0.15) is 50.2 Å². The summed E-state index contributed by atoms with van der Waals surface area (Å²) in [6.45, 7) is 6.59. The van der Waals surface area contributed by atoms with Gasteiger partial charge in [0.05, 0.1) is 23.2 Å². The Morgan fingerprint density at radius 2 is 1.84 bits per heavy atom. The molecule has 0 bridgehead atoms. The van der Waals surface area contributed by atoms with Crippen LogP contribution in [0.25, 0.3) is 0 Å². The van der Waals surface area contributed by atoms with Crippen molar-refractivity contribution in [2.75, 3.05) is 13.1 Å². The van der Waals surface area contributed by atoms with E-state index in [1.807, 2.05) is 0 Å². The molecule has 0 saturated carbocycles. The summed E-state index contributed by atoms with van der Waals surface area (Å²) >= 11 is 0. The fourth-order valence-electron chi connectivity index (χ4n) is 3.15. The van der Waals surface area contributed by atoms with Gasteiger partial charge in [-0.05, 0) is 33.1 Å². The summed E-state index contributed by atoms with van der Waals surface area (Å²) in [4.78, 5) is 25.1. The average molecular weight is 361 g/mol. The lowest BCUT2D eigenvalue weighted by Crippen LogP contribution is -2.46. The number of hydrogen-bond donors (Lipinski definition) is 1. The lowest BCUT2D eigenvalue weighted by molar-refractivity contribution is -0.147. The lowest BCUT2D eigenvalue weighted by Gasteiger charge is -2.34. The highest BCUT2D eigenvalue weighted by Gasteiger charge is 2.44. The number of nitrogens with zero attached hydrogens (tertiary/aromatic N) is 3. The minimum atomic E-state index is -4.75. The molecular formula is C16H22F3N3O3. The number of piperidine rings is 1. The van der Waals surface area contributed by atoms with Gasteiger partial charge in [0.15, 0.2) is 5.69 Å². The number of rotatable bonds is 2. The van der Waals surface area contributed by atoms with Crippen LogP contribution >= 0.6 is 0 Å². The van der Waals surface area contributed by atoms with E-state index in [1.165, 1.54) is 4.90 Å². The molecule has 6 nitrogen and oxygen atoms in total. The van der Waals surface area contributed by atoms with Gasteiger partial charge < -0.3 is 10.0 Å². The summed E-state index contributed by atoms with van der Waals surface area (Å²) in [7, 11) is 0. The largest absolute Gasteiger partial charge is 0.481 e. The molecule has 1 aliphatic rings. The Labute approximate surface area is 143 Å². The molecule has 1 aromatic rings. The summed E-state index contributed by atoms with van der Waals surface area (Å²) < 4.78 is 41.5. The molecule has 2 heterocycles. The van der Waals surface area contributed by atoms with Crippen molar-refractivity contribution >= 4 is 11.9 Å². The van der Waals surface area contributed by atoms with Gasteiger partial charge in [-0.25, -0.2) is 0 Å². The first-order valence-electron chi connectivity index (χ1n) is 8.00. The van der Waals surface area contributed by atoms with E-state index < -0.39 is 40.8 Å². The predicted octanol–water partition coefficient (Wildman–Crippen LogP) is 2.84. The van der Waals surface area contributed by atoms with Crippen LogP contribution in [0.2, 0.25) is 0 Å². The average Bonchev–Trinajstić information content (AvgIpc) is 2.90. The number of likely N-dealkylation sites (tertiary alicyclic amines) is 1. The number of carbonyl (C=O) groups is 2. The van der Waals surface area contributed by atoms with Crippen molar-refractivity contribution in [3.8, 4) is 0 Å². The van der Waals surface area contributed by atoms with E-state index in [-0.39, 0.29) is 19.0 Å². The van der Waals surface area contributed by atoms with Crippen molar-refractivity contribution in [1.82, 2.24) is 14.7 Å². The van der Waals surface area contributed by atoms with Gasteiger partial charge in [0.2, 0.25) is 0 Å². The fraction of sp³-hybridized carbons (Fsp3) is 0.688. The Morgan fingerprint density at radius 1 is 1.24 bits per heavy atom. The standard InChI is InChI=1S/C16H22F3N3O3/c1-9-5-10(14(24)25)8-21(7-9)13(23)11-6-20-22(15(2,3)4)12(11)16(17,18)19/h6,9-10H,5,7-8H2,1-4H3,(H,24,25). The second-order valence-corrected chi connectivity index (χ2v) is 7.57. The zero-order chi connectivity index (χ0) is 19.2. The summed E-state index contributed by atoms with van der Waals surface area (Å²) in [6.07, 6.45) is -3.43. The number of aromatic nitrogens is 2. The van der Waals surface area contributed by atoms with Crippen LogP contribution in [0.15, 0.2) is 6.20 Å². The van der Waals surface area contributed by atoms with Crippen LogP contribution in [0.4, 0.5) is 13.2 Å². The van der Waals surface area contributed by atoms with Gasteiger partial charge in [-0.1, -0.05) is 6.92 Å². The molecule has 1 amide bonds. The molecule has 1 N–H and O–H groups in total. The Balaban J connectivity index is 2.43. The minimum Gasteiger partial charge on any atom is -0.481 e. The van der Waals surface area contributed by atoms with Crippen LogP contribution in [0.5, 0.6) is 0 Å². The highest BCUT2D eigenvalue weighted by molar-refractivity contribution is 5.95. The smallest absolute Gasteiger partial charge is 0.433 e. The van der Waals surface area contributed by atoms with Crippen LogP contribution < -0.4 is 0 Å². The number of carboxylic acids is 1. The van der Waals surface area contributed by atoms with Crippen molar-refractivity contribution in [2.45, 2.75) is 45.8 Å². The fourth-order valence-corrected chi connectivity index (χ4v) is 3.15. The number of alkyl halides is 3. The zero-order valence-electron chi connectivity index (χ0n) is 14.6. The molecule has 25 heavy (non-hydrogen) atoms. The van der Waals surface area contributed by atoms with Gasteiger partial charge in [-0.3, -0.25) is 14.3 Å². The van der Waals surface area contributed by atoms with E-state index in [4.69, 9.17) is 0 Å². The van der Waals surface area contributed by atoms with E-state index in [0.717, 1.165) is 10.9 Å². The van der Waals surface area contributed by atoms with Gasteiger partial charge in [-0.15, -0.1) is 0 Å². The van der Waals surface area contributed by atoms with Crippen molar-refractivity contribution < 1.29 is 27.9 Å². The van der Waals surface area contributed by atoms with Crippen molar-refractivity contribution in [3.63, 3.8) is 0 Å². The van der Waals surface area contributed by atoms with E-state index >= 15 is 0 Å². The maximum absolute atomic E-state index is 13.6. The summed E-state index contributed by atoms with van der Waals surface area (Å²) in [5.74, 6) is -2.77. The molecule has 1 saturated heterocycles. The Kier molecular flexibility index (Phi) is 4.89. The lowest BCUT2D eigenvalue weighted by atomic mass is 9.90. The molecule has 2 rings (SSSR count). The normalized spacial score (nSPS) is 22.1. The molecule has 0 aromatic carbocycles. The second-order valence-electron chi connectivity index (χ2n) is 7.57. The third-order valence-electron chi connectivity index (χ3n) is 4.20. The Hall–Kier alpha value is -2.06. The number of carbonyl (C=O) groups excluding carboxylic acids is 1. The highest BCUT2D eigenvalue weighted by atomic mass is 19.4. The van der Waals surface area contributed by atoms with E-state index in [9.17, 15) is 27.9 Å². The van der Waals surface area contributed by atoms with Crippen molar-refractivity contribution in [2.24, 2.45) is 11.8 Å². The number of halogens is 3. The SMILES string of the molecule is CC1CC(C(=O)O)CN(C(=O)c2cnn(C(C)(C)C)c2C(F)(F)F)C1. The first kappa shape index (κ1) is 19.3. The Bertz CT molecular complexity index is 676. The molecule has 0 aliphatic carbocycles. The molecule has 1 aliphatic heterocycles. The molecule has 2 unspecified atom stereocenters. The first-order chi connectivity index (χ1) is 11.3. The van der Waals surface area contributed by atoms with Crippen molar-refractivity contribution in [1.29, 1.82) is 0 Å². The maximum Gasteiger partial charge on any atom is 0.433 e. The first-order valence-corrected chi connectivity index (χ1v) is 8.00. The van der Waals surface area contributed by atoms with E-state index in [0.29, 0.717) is 6.42 Å². The van der Waals surface area contributed by atoms with Crippen LogP contribution in [-0.4, -0.2) is 44.8 Å². The van der Waals surface area contributed by atoms with Gasteiger partial charge in [0, 0.05) is 13.1 Å². The van der Waals surface area contributed by atoms with Gasteiger partial charge in [-0.2, -0.15) is 18.3 Å². The van der Waals surface area contributed by atoms with Crippen LogP contribution in [-0.2, 0) is 16.5 Å². The summed E-state index contributed by atoms with van der Waals surface area (Å²) in [6, 6.07) is 0. The van der Waals surface area contributed by atoms with Gasteiger partial charge >= 0.3 is 12.1 Å². The number of carboxylic acid groups (broad SMARTS) is 1. The van der Waals surface area contributed by atoms with Gasteiger partial charge in [0.25, 0.3) is 5.91 Å². The quantitative estimate of drug-likeness (QED) is 0.879. The molecule has 0 spiro atoms. The summed E-state index contributed by atoms with van der Waals surface area (Å²) in [5.41, 5.74) is -2.60. The van der Waals surface area contributed by atoms with E-state index in [1.54, 1.807) is 27.7 Å². The molecule has 1 aromatic heterocycles. The zero-order valence-corrected chi connectivity index (χ0v) is 14.6. The minimum absolute atomic E-state index is 0.101. The maximum atomic E-state index is 13.6.